The van der Waals surface area contributed by atoms with E-state index >= 15 is 0 Å². The van der Waals surface area contributed by atoms with E-state index in [9.17, 15) is 5.26 Å². The highest BCUT2D eigenvalue weighted by molar-refractivity contribution is 6.36. The number of benzene rings is 2. The molecule has 0 fully saturated rings. The van der Waals surface area contributed by atoms with Crippen molar-refractivity contribution in [2.24, 2.45) is 4.99 Å². The average Bonchev–Trinajstić information content (AvgIpc) is 2.60. The molecule has 0 aliphatic carbocycles. The smallest absolute Gasteiger partial charge is 0.115 e. The molecule has 0 amide bonds. The van der Waals surface area contributed by atoms with Crippen LogP contribution in [-0.4, -0.2) is 6.34 Å². The van der Waals surface area contributed by atoms with Crippen molar-refractivity contribution >= 4 is 46.8 Å². The Morgan fingerprint density at radius 3 is 2.29 bits per heavy atom. The van der Waals surface area contributed by atoms with E-state index in [1.165, 1.54) is 0 Å². The number of hydrazine groups is 1. The summed E-state index contributed by atoms with van der Waals surface area (Å²) >= 11 is 18.8. The van der Waals surface area contributed by atoms with Crippen LogP contribution < -0.4 is 10.4 Å². The molecule has 2 aromatic rings. The van der Waals surface area contributed by atoms with Gasteiger partial charge in [0.05, 0.1) is 17.7 Å². The molecule has 4 nitrogen and oxygen atoms in total. The highest BCUT2D eigenvalue weighted by Crippen LogP contribution is 2.38. The van der Waals surface area contributed by atoms with Gasteiger partial charge in [-0.2, -0.15) is 5.26 Å². The minimum atomic E-state index is -0.584. The van der Waals surface area contributed by atoms with Crippen molar-refractivity contribution in [1.82, 2.24) is 5.43 Å². The van der Waals surface area contributed by atoms with Crippen LogP contribution in [0.4, 0.5) is 5.69 Å². The maximum absolute atomic E-state index is 9.62. The predicted molar refractivity (Wildman–Crippen MR) is 98.6 cm³/mol. The number of hydrogen-bond acceptors (Lipinski definition) is 4. The van der Waals surface area contributed by atoms with E-state index in [2.05, 4.69) is 16.5 Å². The number of nitrogens with zero attached hydrogens (tertiary/aromatic N) is 3. The summed E-state index contributed by atoms with van der Waals surface area (Å²) in [6.45, 7) is 0. The fourth-order valence-electron chi connectivity index (χ4n) is 2.38. The van der Waals surface area contributed by atoms with Gasteiger partial charge in [-0.25, -0.2) is 10.0 Å². The molecular weight excluding hydrogens is 367 g/mol. The third-order valence-corrected chi connectivity index (χ3v) is 4.40. The Hall–Kier alpha value is -2.19. The third kappa shape index (κ3) is 3.34. The molecule has 120 valence electrons. The summed E-state index contributed by atoms with van der Waals surface area (Å²) < 4.78 is 0. The standard InChI is InChI=1S/C17H11Cl3N4/c18-12-3-1-11(2-4-12)14(9-21)17-15(19)7-13(8-16(17)20)24-10-22-5-6-23-24/h1-8,10,14,23H. The van der Waals surface area contributed by atoms with Gasteiger partial charge in [0, 0.05) is 33.0 Å². The van der Waals surface area contributed by atoms with E-state index in [1.807, 2.05) is 0 Å². The van der Waals surface area contributed by atoms with Crippen LogP contribution in [0.5, 0.6) is 0 Å². The molecule has 0 spiro atoms. The van der Waals surface area contributed by atoms with Gasteiger partial charge in [-0.15, -0.1) is 0 Å². The zero-order valence-electron chi connectivity index (χ0n) is 12.2. The zero-order valence-corrected chi connectivity index (χ0v) is 14.5. The quantitative estimate of drug-likeness (QED) is 0.807. The summed E-state index contributed by atoms with van der Waals surface area (Å²) in [5.41, 5.74) is 5.06. The molecule has 7 heteroatoms. The largest absolute Gasteiger partial charge is 0.299 e. The number of nitrogens with one attached hydrogen (secondary N) is 1. The SMILES string of the molecule is N#CC(c1ccc(Cl)cc1)c1c(Cl)cc(N2C=NC=CN2)cc1Cl. The van der Waals surface area contributed by atoms with Crippen molar-refractivity contribution in [1.29, 1.82) is 5.26 Å². The van der Waals surface area contributed by atoms with Crippen molar-refractivity contribution in [2.75, 3.05) is 5.01 Å². The Kier molecular flexibility index (Phi) is 4.96. The van der Waals surface area contributed by atoms with Gasteiger partial charge in [-0.05, 0) is 29.8 Å². The van der Waals surface area contributed by atoms with Crippen molar-refractivity contribution in [3.63, 3.8) is 0 Å². The van der Waals surface area contributed by atoms with Crippen LogP contribution in [0.1, 0.15) is 17.0 Å². The number of hydrogen-bond donors (Lipinski definition) is 1. The second-order valence-electron chi connectivity index (χ2n) is 5.02. The molecule has 0 bridgehead atoms. The lowest BCUT2D eigenvalue weighted by Gasteiger charge is -2.23. The van der Waals surface area contributed by atoms with E-state index in [1.54, 1.807) is 60.1 Å². The van der Waals surface area contributed by atoms with Crippen LogP contribution in [0.2, 0.25) is 15.1 Å². The Morgan fingerprint density at radius 2 is 1.75 bits per heavy atom. The van der Waals surface area contributed by atoms with E-state index in [0.717, 1.165) is 11.3 Å². The Labute approximate surface area is 154 Å². The first kappa shape index (κ1) is 16.7. The summed E-state index contributed by atoms with van der Waals surface area (Å²) in [5.74, 6) is -0.584. The molecule has 1 atom stereocenters. The van der Waals surface area contributed by atoms with Gasteiger partial charge in [-0.1, -0.05) is 46.9 Å². The van der Waals surface area contributed by atoms with Crippen LogP contribution in [0.15, 0.2) is 53.8 Å². The molecule has 0 saturated carbocycles. The van der Waals surface area contributed by atoms with Crippen LogP contribution >= 0.6 is 34.8 Å². The van der Waals surface area contributed by atoms with Gasteiger partial charge in [0.15, 0.2) is 0 Å². The predicted octanol–water partition coefficient (Wildman–Crippen LogP) is 5.13. The highest BCUT2D eigenvalue weighted by atomic mass is 35.5. The molecule has 1 heterocycles. The molecule has 1 aliphatic rings. The minimum absolute atomic E-state index is 0.406. The lowest BCUT2D eigenvalue weighted by atomic mass is 9.92. The van der Waals surface area contributed by atoms with E-state index < -0.39 is 5.92 Å². The fourth-order valence-corrected chi connectivity index (χ4v) is 3.20. The van der Waals surface area contributed by atoms with Gasteiger partial charge in [0.1, 0.15) is 6.34 Å². The lowest BCUT2D eigenvalue weighted by Crippen LogP contribution is -2.34. The first-order chi connectivity index (χ1) is 11.6. The number of anilines is 1. The van der Waals surface area contributed by atoms with Crippen LogP contribution in [0.25, 0.3) is 0 Å². The topological polar surface area (TPSA) is 51.4 Å². The van der Waals surface area contributed by atoms with E-state index in [-0.39, 0.29) is 0 Å². The van der Waals surface area contributed by atoms with Crippen molar-refractivity contribution in [2.45, 2.75) is 5.92 Å². The summed E-state index contributed by atoms with van der Waals surface area (Å²) in [6.07, 6.45) is 4.91. The van der Waals surface area contributed by atoms with Crippen LogP contribution in [0, 0.1) is 11.3 Å². The molecule has 2 aromatic carbocycles. The first-order valence-corrected chi connectivity index (χ1v) is 8.11. The average molecular weight is 378 g/mol. The Bertz CT molecular complexity index is 830. The number of aliphatic imine (C=N–C) groups is 1. The maximum atomic E-state index is 9.62. The summed E-state index contributed by atoms with van der Waals surface area (Å²) in [4.78, 5) is 4.03. The lowest BCUT2D eigenvalue weighted by molar-refractivity contribution is 0.907. The van der Waals surface area contributed by atoms with E-state index in [4.69, 9.17) is 34.8 Å². The van der Waals surface area contributed by atoms with Gasteiger partial charge >= 0.3 is 0 Å². The molecule has 0 aromatic heterocycles. The number of rotatable bonds is 3. The Morgan fingerprint density at radius 1 is 1.08 bits per heavy atom. The Balaban J connectivity index is 2.01. The molecule has 0 radical (unpaired) electrons. The third-order valence-electron chi connectivity index (χ3n) is 3.52. The minimum Gasteiger partial charge on any atom is -0.299 e. The summed E-state index contributed by atoms with van der Waals surface area (Å²) in [7, 11) is 0. The van der Waals surface area contributed by atoms with Crippen LogP contribution in [-0.2, 0) is 0 Å². The molecule has 24 heavy (non-hydrogen) atoms. The molecule has 1 N–H and O–H groups in total. The second kappa shape index (κ2) is 7.14. The maximum Gasteiger partial charge on any atom is 0.115 e. The van der Waals surface area contributed by atoms with Crippen molar-refractivity contribution in [3.05, 3.63) is 75.0 Å². The molecule has 3 rings (SSSR count). The normalized spacial score (nSPS) is 14.2. The van der Waals surface area contributed by atoms with Gasteiger partial charge in [0.2, 0.25) is 0 Å². The molecular formula is C17H11Cl3N4. The highest BCUT2D eigenvalue weighted by Gasteiger charge is 2.22. The number of halogens is 3. The molecule has 1 aliphatic heterocycles. The zero-order chi connectivity index (χ0) is 17.1. The monoisotopic (exact) mass is 376 g/mol. The molecule has 1 unspecified atom stereocenters. The summed E-state index contributed by atoms with van der Waals surface area (Å²) in [6, 6.07) is 12.8. The molecule has 0 saturated heterocycles. The van der Waals surface area contributed by atoms with Gasteiger partial charge < -0.3 is 0 Å². The van der Waals surface area contributed by atoms with Crippen molar-refractivity contribution < 1.29 is 0 Å². The first-order valence-electron chi connectivity index (χ1n) is 6.98. The fraction of sp³-hybridized carbons (Fsp3) is 0.0588. The van der Waals surface area contributed by atoms with Crippen LogP contribution in [0.3, 0.4) is 0 Å². The number of nitriles is 1. The summed E-state index contributed by atoms with van der Waals surface area (Å²) in [5, 5.41) is 12.7. The van der Waals surface area contributed by atoms with Crippen molar-refractivity contribution in [3.8, 4) is 6.07 Å². The van der Waals surface area contributed by atoms with Gasteiger partial charge in [-0.3, -0.25) is 5.43 Å². The second-order valence-corrected chi connectivity index (χ2v) is 6.27. The van der Waals surface area contributed by atoms with E-state index in [0.29, 0.717) is 20.6 Å². The van der Waals surface area contributed by atoms with Gasteiger partial charge in [0.25, 0.3) is 0 Å².